The second-order valence-corrected chi connectivity index (χ2v) is 23.1. The van der Waals surface area contributed by atoms with Crippen LogP contribution >= 0.6 is 0 Å². The largest absolute Gasteiger partial charge is 0.394 e. The molecule has 3 saturated heterocycles. The quantitative estimate of drug-likeness (QED) is 0.105. The summed E-state index contributed by atoms with van der Waals surface area (Å²) >= 11 is 0. The van der Waals surface area contributed by atoms with Gasteiger partial charge in [-0.3, -0.25) is 0 Å². The molecule has 5 saturated carbocycles. The van der Waals surface area contributed by atoms with Crippen LogP contribution in [0.2, 0.25) is 0 Å². The summed E-state index contributed by atoms with van der Waals surface area (Å²) in [6.45, 7) is 12.9. The second-order valence-electron chi connectivity index (χ2n) is 23.1. The minimum atomic E-state index is -1.67. The van der Waals surface area contributed by atoms with Crippen molar-refractivity contribution in [3.8, 4) is 0 Å². The van der Waals surface area contributed by atoms with Crippen molar-refractivity contribution in [3.05, 3.63) is 0 Å². The molecule has 0 amide bonds. The molecule has 3 heterocycles. The summed E-state index contributed by atoms with van der Waals surface area (Å²) in [6.07, 6.45) is -15.7. The summed E-state index contributed by atoms with van der Waals surface area (Å²) < 4.78 is 37.3. The Morgan fingerprint density at radius 3 is 1.98 bits per heavy atom. The van der Waals surface area contributed by atoms with E-state index >= 15 is 0 Å². The first-order valence-corrected chi connectivity index (χ1v) is 23.8. The molecule has 0 radical (unpaired) electrons. The second kappa shape index (κ2) is 17.3. The lowest BCUT2D eigenvalue weighted by atomic mass is 9.41. The molecule has 5 aliphatic carbocycles. The maximum atomic E-state index is 12.1. The summed E-state index contributed by atoms with van der Waals surface area (Å²) in [6, 6.07) is 0. The fourth-order valence-electron chi connectivity index (χ4n) is 15.4. The molecule has 25 atom stereocenters. The van der Waals surface area contributed by atoms with Crippen molar-refractivity contribution in [2.75, 3.05) is 19.8 Å². The van der Waals surface area contributed by atoms with Gasteiger partial charge in [0.2, 0.25) is 0 Å². The van der Waals surface area contributed by atoms with E-state index in [0.717, 1.165) is 19.3 Å². The zero-order valence-corrected chi connectivity index (χ0v) is 38.4. The summed E-state index contributed by atoms with van der Waals surface area (Å²) in [5.74, 6) is -0.226. The monoisotopic (exact) mass is 919 g/mol. The molecule has 18 heteroatoms. The number of aliphatic hydroxyl groups excluding tert-OH is 11. The van der Waals surface area contributed by atoms with Crippen molar-refractivity contribution in [2.24, 2.45) is 50.7 Å². The van der Waals surface area contributed by atoms with Crippen LogP contribution in [0.1, 0.15) is 106 Å². The number of hydrogen-bond acceptors (Lipinski definition) is 18. The molecule has 3 aliphatic heterocycles. The standard InChI is InChI=1S/C46H78O18/c1-20(8-9-27(51)42(4,5)58)29-21(48)15-44(7)26-14-24(61-39-35(57)33(55)32(54)25(16-47)62-39)37-41(2,3)28(10-11-46(37)19-45(26,46)13-12-43(29,44)6)63-40-36(31(53)23(50)18-60-40)64-38-34(56)30(52)22(49)17-59-38/h20-40,47-58H,8-19H2,1-7H3/t20-,21+,22+,23-,24+,25-,26+,27+,28+,29+,30+,31+,32-,33+,34-,35-,36-,37-,38+,39-,40+,43-,44+,45+,46-/m1/s1. The predicted molar refractivity (Wildman–Crippen MR) is 222 cm³/mol. The molecule has 64 heavy (non-hydrogen) atoms. The highest BCUT2D eigenvalue weighted by Crippen LogP contribution is 2.89. The van der Waals surface area contributed by atoms with Gasteiger partial charge in [-0.15, -0.1) is 0 Å². The molecule has 0 unspecified atom stereocenters. The Labute approximate surface area is 375 Å². The van der Waals surface area contributed by atoms with Gasteiger partial charge < -0.3 is 89.7 Å². The van der Waals surface area contributed by atoms with Crippen LogP contribution < -0.4 is 0 Å². The zero-order valence-electron chi connectivity index (χ0n) is 38.4. The van der Waals surface area contributed by atoms with Gasteiger partial charge in [0.1, 0.15) is 61.0 Å². The fraction of sp³-hybridized carbons (Fsp3) is 1.00. The van der Waals surface area contributed by atoms with Crippen LogP contribution in [-0.2, 0) is 28.4 Å². The van der Waals surface area contributed by atoms with E-state index in [-0.39, 0.29) is 58.5 Å². The van der Waals surface area contributed by atoms with E-state index in [1.807, 2.05) is 0 Å². The maximum Gasteiger partial charge on any atom is 0.186 e. The molecule has 8 rings (SSSR count). The van der Waals surface area contributed by atoms with Gasteiger partial charge in [0.05, 0.1) is 49.8 Å². The Hall–Kier alpha value is -0.720. The first-order valence-electron chi connectivity index (χ1n) is 23.8. The molecule has 8 fully saturated rings. The van der Waals surface area contributed by atoms with Crippen LogP contribution in [0.25, 0.3) is 0 Å². The Morgan fingerprint density at radius 1 is 0.688 bits per heavy atom. The molecule has 2 spiro atoms. The van der Waals surface area contributed by atoms with Gasteiger partial charge in [-0.05, 0) is 122 Å². The molecule has 8 aliphatic rings. The van der Waals surface area contributed by atoms with E-state index in [4.69, 9.17) is 28.4 Å². The normalized spacial score (nSPS) is 54.5. The Bertz CT molecular complexity index is 1650. The Kier molecular flexibility index (Phi) is 13.4. The van der Waals surface area contributed by atoms with E-state index in [1.165, 1.54) is 0 Å². The molecule has 370 valence electrons. The van der Waals surface area contributed by atoms with Gasteiger partial charge in [-0.2, -0.15) is 0 Å². The molecular formula is C46H78O18. The lowest BCUT2D eigenvalue weighted by molar-refractivity contribution is -0.360. The van der Waals surface area contributed by atoms with Crippen LogP contribution in [-0.4, -0.2) is 191 Å². The number of hydrogen-bond donors (Lipinski definition) is 12. The SMILES string of the molecule is C[C@H](CC[C@H](O)C(C)(C)O)[C@H]1[C@@H](O)C[C@@]2(C)[C@@H]3C[C@H](O[C@@H]4O[C@H](CO)[C@@H](O)[C@H](O)[C@H]4O)[C@@H]4C(C)(C)[C@@H](O[C@@H]5OC[C@@H](O)[C@H](O)[C@H]5O[C@@H]5OC[C@H](O)[C@H](O)[C@H]5O)CC[C@@]45C[C@@]35CC[C@]12C. The average molecular weight is 919 g/mol. The minimum Gasteiger partial charge on any atom is -0.394 e. The first-order chi connectivity index (χ1) is 29.8. The number of aliphatic hydroxyl groups is 12. The van der Waals surface area contributed by atoms with Gasteiger partial charge in [0.15, 0.2) is 18.9 Å². The van der Waals surface area contributed by atoms with E-state index < -0.39 is 122 Å². The van der Waals surface area contributed by atoms with E-state index in [2.05, 4.69) is 34.6 Å². The third-order valence-corrected chi connectivity index (χ3v) is 19.0. The summed E-state index contributed by atoms with van der Waals surface area (Å²) in [5.41, 5.74) is -3.06. The number of ether oxygens (including phenoxy) is 6. The van der Waals surface area contributed by atoms with Gasteiger partial charge in [-0.1, -0.05) is 34.6 Å². The number of fused-ring (bicyclic) bond motifs is 2. The fourth-order valence-corrected chi connectivity index (χ4v) is 15.4. The van der Waals surface area contributed by atoms with Crippen molar-refractivity contribution in [1.29, 1.82) is 0 Å². The van der Waals surface area contributed by atoms with Gasteiger partial charge in [0, 0.05) is 0 Å². The van der Waals surface area contributed by atoms with Crippen molar-refractivity contribution in [1.82, 2.24) is 0 Å². The first kappa shape index (κ1) is 49.7. The third kappa shape index (κ3) is 7.68. The Morgan fingerprint density at radius 2 is 1.33 bits per heavy atom. The molecule has 0 bridgehead atoms. The summed E-state index contributed by atoms with van der Waals surface area (Å²) in [7, 11) is 0. The third-order valence-electron chi connectivity index (χ3n) is 19.0. The van der Waals surface area contributed by atoms with Crippen molar-refractivity contribution < 1.29 is 89.7 Å². The van der Waals surface area contributed by atoms with Gasteiger partial charge in [-0.25, -0.2) is 0 Å². The van der Waals surface area contributed by atoms with E-state index in [1.54, 1.807) is 13.8 Å². The summed E-state index contributed by atoms with van der Waals surface area (Å²) in [4.78, 5) is 0. The molecule has 12 N–H and O–H groups in total. The topological polar surface area (TPSA) is 298 Å². The van der Waals surface area contributed by atoms with Crippen molar-refractivity contribution in [3.63, 3.8) is 0 Å². The Balaban J connectivity index is 1.10. The maximum absolute atomic E-state index is 12.1. The highest BCUT2D eigenvalue weighted by molar-refractivity contribution is 5.33. The van der Waals surface area contributed by atoms with E-state index in [9.17, 15) is 61.3 Å². The van der Waals surface area contributed by atoms with Crippen LogP contribution in [0.15, 0.2) is 0 Å². The molecule has 18 nitrogen and oxygen atoms in total. The van der Waals surface area contributed by atoms with Crippen molar-refractivity contribution >= 4 is 0 Å². The lowest BCUT2D eigenvalue weighted by Gasteiger charge is -2.65. The van der Waals surface area contributed by atoms with Crippen LogP contribution in [0.4, 0.5) is 0 Å². The lowest BCUT2D eigenvalue weighted by Crippen LogP contribution is -2.65. The van der Waals surface area contributed by atoms with Gasteiger partial charge >= 0.3 is 0 Å². The smallest absolute Gasteiger partial charge is 0.186 e. The minimum absolute atomic E-state index is 0.0455. The van der Waals surface area contributed by atoms with Crippen LogP contribution in [0, 0.1) is 50.7 Å². The predicted octanol–water partition coefficient (Wildman–Crippen LogP) is -0.973. The van der Waals surface area contributed by atoms with Crippen LogP contribution in [0.5, 0.6) is 0 Å². The van der Waals surface area contributed by atoms with Crippen LogP contribution in [0.3, 0.4) is 0 Å². The molecular weight excluding hydrogens is 840 g/mol. The van der Waals surface area contributed by atoms with E-state index in [0.29, 0.717) is 38.5 Å². The van der Waals surface area contributed by atoms with Crippen molar-refractivity contribution in [2.45, 2.75) is 216 Å². The molecule has 0 aromatic heterocycles. The number of rotatable bonds is 12. The highest BCUT2D eigenvalue weighted by Gasteiger charge is 2.85. The summed E-state index contributed by atoms with van der Waals surface area (Å²) in [5, 5.41) is 129. The van der Waals surface area contributed by atoms with Gasteiger partial charge in [0.25, 0.3) is 0 Å². The average Bonchev–Trinajstić information content (AvgIpc) is 3.82. The molecule has 0 aromatic rings. The highest BCUT2D eigenvalue weighted by atomic mass is 16.8. The zero-order chi connectivity index (χ0) is 46.9. The molecule has 0 aromatic carbocycles.